The summed E-state index contributed by atoms with van der Waals surface area (Å²) >= 11 is 6.95. The number of rotatable bonds is 4. The van der Waals surface area contributed by atoms with Gasteiger partial charge in [0, 0.05) is 26.1 Å². The molecule has 0 aliphatic carbocycles. The fourth-order valence-electron chi connectivity index (χ4n) is 2.74. The van der Waals surface area contributed by atoms with Crippen LogP contribution in [0.25, 0.3) is 22.6 Å². The Bertz CT molecular complexity index is 1050. The van der Waals surface area contributed by atoms with Crippen molar-refractivity contribution < 1.29 is 9.15 Å². The molecule has 2 nitrogen and oxygen atoms in total. The van der Waals surface area contributed by atoms with E-state index in [0.717, 1.165) is 31.6 Å². The molecular weight excluding hydrogens is 468 g/mol. The molecule has 0 aliphatic heterocycles. The highest BCUT2D eigenvalue weighted by Crippen LogP contribution is 2.40. The maximum absolute atomic E-state index is 6.21. The molecule has 0 unspecified atom stereocenters. The van der Waals surface area contributed by atoms with Crippen molar-refractivity contribution in [1.29, 1.82) is 0 Å². The minimum Gasteiger partial charge on any atom is -0.453 e. The summed E-state index contributed by atoms with van der Waals surface area (Å²) in [6, 6.07) is 26.0. The molecule has 27 heavy (non-hydrogen) atoms. The molecule has 0 saturated carbocycles. The molecule has 0 bridgehead atoms. The molecule has 0 amide bonds. The predicted molar refractivity (Wildman–Crippen MR) is 116 cm³/mol. The fourth-order valence-corrected chi connectivity index (χ4v) is 3.27. The monoisotopic (exact) mass is 482 g/mol. The van der Waals surface area contributed by atoms with Gasteiger partial charge >= 0.3 is 0 Å². The zero-order valence-corrected chi connectivity index (χ0v) is 17.7. The summed E-state index contributed by atoms with van der Waals surface area (Å²) in [5, 5.41) is 0. The second kappa shape index (κ2) is 7.75. The van der Waals surface area contributed by atoms with Crippen molar-refractivity contribution in [3.63, 3.8) is 0 Å². The van der Waals surface area contributed by atoms with Gasteiger partial charge in [-0.15, -0.1) is 0 Å². The molecule has 4 rings (SSSR count). The van der Waals surface area contributed by atoms with Crippen LogP contribution >= 0.6 is 31.9 Å². The Hall–Kier alpha value is -2.30. The van der Waals surface area contributed by atoms with Crippen LogP contribution in [0.4, 0.5) is 0 Å². The Morgan fingerprint density at radius 1 is 0.704 bits per heavy atom. The van der Waals surface area contributed by atoms with Gasteiger partial charge in [-0.25, -0.2) is 0 Å². The summed E-state index contributed by atoms with van der Waals surface area (Å²) in [4.78, 5) is 0. The summed E-state index contributed by atoms with van der Waals surface area (Å²) < 4.78 is 14.4. The number of benzene rings is 3. The van der Waals surface area contributed by atoms with Crippen LogP contribution < -0.4 is 4.74 Å². The van der Waals surface area contributed by atoms with E-state index in [1.165, 1.54) is 5.56 Å². The Morgan fingerprint density at radius 3 is 1.85 bits per heavy atom. The van der Waals surface area contributed by atoms with Gasteiger partial charge in [-0.3, -0.25) is 0 Å². The van der Waals surface area contributed by atoms with Crippen molar-refractivity contribution in [3.05, 3.63) is 93.4 Å². The van der Waals surface area contributed by atoms with E-state index in [-0.39, 0.29) is 0 Å². The molecule has 1 aromatic heterocycles. The minimum absolute atomic E-state index is 0.694. The molecule has 134 valence electrons. The van der Waals surface area contributed by atoms with Crippen molar-refractivity contribution in [3.8, 4) is 34.1 Å². The van der Waals surface area contributed by atoms with Gasteiger partial charge in [0.15, 0.2) is 11.5 Å². The van der Waals surface area contributed by atoms with E-state index in [4.69, 9.17) is 9.15 Å². The smallest absolute Gasteiger partial charge is 0.177 e. The Labute approximate surface area is 175 Å². The maximum Gasteiger partial charge on any atom is 0.177 e. The zero-order chi connectivity index (χ0) is 18.8. The lowest BCUT2D eigenvalue weighted by Gasteiger charge is -2.06. The van der Waals surface area contributed by atoms with Gasteiger partial charge in [0.05, 0.1) is 0 Å². The van der Waals surface area contributed by atoms with Gasteiger partial charge in [-0.1, -0.05) is 61.7 Å². The van der Waals surface area contributed by atoms with E-state index >= 15 is 0 Å². The van der Waals surface area contributed by atoms with Gasteiger partial charge in [0.25, 0.3) is 0 Å². The lowest BCUT2D eigenvalue weighted by Crippen LogP contribution is -1.85. The second-order valence-corrected chi connectivity index (χ2v) is 8.06. The molecule has 0 radical (unpaired) electrons. The van der Waals surface area contributed by atoms with Crippen molar-refractivity contribution in [1.82, 2.24) is 0 Å². The van der Waals surface area contributed by atoms with E-state index in [2.05, 4.69) is 38.8 Å². The van der Waals surface area contributed by atoms with E-state index in [9.17, 15) is 0 Å². The van der Waals surface area contributed by atoms with Crippen LogP contribution in [0.3, 0.4) is 0 Å². The molecule has 0 atom stereocenters. The number of halogens is 2. The van der Waals surface area contributed by atoms with Gasteiger partial charge < -0.3 is 9.15 Å². The number of hydrogen-bond donors (Lipinski definition) is 0. The van der Waals surface area contributed by atoms with Crippen LogP contribution in [0, 0.1) is 6.92 Å². The molecule has 1 heterocycles. The van der Waals surface area contributed by atoms with Crippen LogP contribution in [-0.2, 0) is 0 Å². The summed E-state index contributed by atoms with van der Waals surface area (Å²) in [6.07, 6.45) is 0. The Balaban J connectivity index is 1.77. The van der Waals surface area contributed by atoms with Crippen molar-refractivity contribution in [2.24, 2.45) is 0 Å². The third-order valence-electron chi connectivity index (χ3n) is 4.18. The van der Waals surface area contributed by atoms with Gasteiger partial charge in [-0.05, 0) is 55.5 Å². The number of ether oxygens (including phenoxy) is 1. The highest BCUT2D eigenvalue weighted by Gasteiger charge is 2.17. The SMILES string of the molecule is Cc1ccc(Oc2cc(-c3ccc(Br)cc3)oc2-c2ccc(Br)cc2)cc1. The Morgan fingerprint density at radius 2 is 1.26 bits per heavy atom. The topological polar surface area (TPSA) is 22.4 Å². The number of furan rings is 1. The normalized spacial score (nSPS) is 10.8. The van der Waals surface area contributed by atoms with Gasteiger partial charge in [0.2, 0.25) is 0 Å². The Kier molecular flexibility index (Phi) is 5.19. The van der Waals surface area contributed by atoms with Gasteiger partial charge in [-0.2, -0.15) is 0 Å². The maximum atomic E-state index is 6.21. The quantitative estimate of drug-likeness (QED) is 0.291. The molecule has 0 spiro atoms. The van der Waals surface area contributed by atoms with Crippen LogP contribution in [0.5, 0.6) is 11.5 Å². The van der Waals surface area contributed by atoms with Crippen LogP contribution in [0.2, 0.25) is 0 Å². The molecule has 4 aromatic rings. The van der Waals surface area contributed by atoms with Crippen LogP contribution in [0.15, 0.2) is 92.2 Å². The van der Waals surface area contributed by atoms with Crippen molar-refractivity contribution in [2.45, 2.75) is 6.92 Å². The molecule has 0 aliphatic rings. The molecule has 0 saturated heterocycles. The average molecular weight is 484 g/mol. The molecule has 4 heteroatoms. The largest absolute Gasteiger partial charge is 0.453 e. The lowest BCUT2D eigenvalue weighted by atomic mass is 10.1. The van der Waals surface area contributed by atoms with E-state index < -0.39 is 0 Å². The van der Waals surface area contributed by atoms with Crippen LogP contribution in [-0.4, -0.2) is 0 Å². The van der Waals surface area contributed by atoms with E-state index in [1.54, 1.807) is 0 Å². The number of aryl methyl sites for hydroxylation is 1. The molecule has 0 N–H and O–H groups in total. The zero-order valence-electron chi connectivity index (χ0n) is 14.6. The first-order valence-electron chi connectivity index (χ1n) is 8.49. The van der Waals surface area contributed by atoms with E-state index in [1.807, 2.05) is 78.9 Å². The molecule has 0 fully saturated rings. The lowest BCUT2D eigenvalue weighted by molar-refractivity contribution is 0.473. The van der Waals surface area contributed by atoms with Crippen molar-refractivity contribution in [2.75, 3.05) is 0 Å². The summed E-state index contributed by atoms with van der Waals surface area (Å²) in [7, 11) is 0. The molecular formula is C23H16Br2O2. The highest BCUT2D eigenvalue weighted by atomic mass is 79.9. The second-order valence-electron chi connectivity index (χ2n) is 6.23. The number of hydrogen-bond acceptors (Lipinski definition) is 2. The van der Waals surface area contributed by atoms with Crippen LogP contribution in [0.1, 0.15) is 5.56 Å². The molecule has 3 aromatic carbocycles. The first-order chi connectivity index (χ1) is 13.1. The third-order valence-corrected chi connectivity index (χ3v) is 5.24. The fraction of sp³-hybridized carbons (Fsp3) is 0.0435. The van der Waals surface area contributed by atoms with Crippen molar-refractivity contribution >= 4 is 31.9 Å². The first kappa shape index (κ1) is 18.1. The minimum atomic E-state index is 0.694. The predicted octanol–water partition coefficient (Wildman–Crippen LogP) is 8.24. The highest BCUT2D eigenvalue weighted by molar-refractivity contribution is 9.10. The summed E-state index contributed by atoms with van der Waals surface area (Å²) in [6.45, 7) is 2.06. The third kappa shape index (κ3) is 4.18. The first-order valence-corrected chi connectivity index (χ1v) is 10.1. The summed E-state index contributed by atoms with van der Waals surface area (Å²) in [5.41, 5.74) is 3.15. The average Bonchev–Trinajstić information content (AvgIpc) is 3.08. The summed E-state index contributed by atoms with van der Waals surface area (Å²) in [5.74, 6) is 2.95. The van der Waals surface area contributed by atoms with Gasteiger partial charge in [0.1, 0.15) is 11.5 Å². The van der Waals surface area contributed by atoms with E-state index in [0.29, 0.717) is 11.5 Å². The standard InChI is InChI=1S/C23H16Br2O2/c1-15-2-12-20(13-3-15)26-22-14-21(16-4-8-18(24)9-5-16)27-23(22)17-6-10-19(25)11-7-17/h2-14H,1H3.